The summed E-state index contributed by atoms with van der Waals surface area (Å²) in [7, 11) is -0.624. The Hall–Kier alpha value is -2.26. The minimum absolute atomic E-state index is 0.172. The lowest BCUT2D eigenvalue weighted by atomic mass is 10.2. The van der Waals surface area contributed by atoms with Crippen molar-refractivity contribution in [2.24, 2.45) is 0 Å². The van der Waals surface area contributed by atoms with Gasteiger partial charge in [0.25, 0.3) is 0 Å². The molecule has 2 aromatic rings. The molecule has 0 amide bonds. The van der Waals surface area contributed by atoms with Crippen LogP contribution in [0.1, 0.15) is 5.56 Å². The fraction of sp³-hybridized carbons (Fsp3) is 0.250. The topological polar surface area (TPSA) is 58.6 Å². The van der Waals surface area contributed by atoms with E-state index in [2.05, 4.69) is 10.1 Å². The van der Waals surface area contributed by atoms with Crippen LogP contribution in [0.15, 0.2) is 53.4 Å². The van der Waals surface area contributed by atoms with E-state index >= 15 is 0 Å². The van der Waals surface area contributed by atoms with Gasteiger partial charge in [0.15, 0.2) is 0 Å². The van der Waals surface area contributed by atoms with Gasteiger partial charge in [-0.3, -0.25) is 0 Å². The highest BCUT2D eigenvalue weighted by Gasteiger charge is 2.30. The molecule has 0 heterocycles. The Labute approximate surface area is 144 Å². The smallest absolute Gasteiger partial charge is 0.406 e. The molecule has 0 saturated carbocycles. The van der Waals surface area contributed by atoms with Crippen molar-refractivity contribution >= 4 is 15.7 Å². The van der Waals surface area contributed by atoms with Gasteiger partial charge in [-0.25, -0.2) is 12.7 Å². The van der Waals surface area contributed by atoms with Gasteiger partial charge in [-0.2, -0.15) is 0 Å². The van der Waals surface area contributed by atoms with Crippen LogP contribution in [0.5, 0.6) is 5.75 Å². The highest BCUT2D eigenvalue weighted by molar-refractivity contribution is 7.89. The van der Waals surface area contributed by atoms with Crippen LogP contribution in [0.3, 0.4) is 0 Å². The Morgan fingerprint density at radius 2 is 1.72 bits per heavy atom. The lowest BCUT2D eigenvalue weighted by molar-refractivity contribution is -0.274. The van der Waals surface area contributed by atoms with E-state index in [0.29, 0.717) is 12.2 Å². The predicted octanol–water partition coefficient (Wildman–Crippen LogP) is 3.45. The number of sulfonamides is 1. The van der Waals surface area contributed by atoms with E-state index in [1.165, 1.54) is 44.4 Å². The number of ether oxygens (including phenoxy) is 1. The lowest BCUT2D eigenvalue weighted by Crippen LogP contribution is -2.22. The van der Waals surface area contributed by atoms with Gasteiger partial charge in [-0.05, 0) is 42.0 Å². The van der Waals surface area contributed by atoms with Gasteiger partial charge >= 0.3 is 6.36 Å². The molecule has 0 fully saturated rings. The first kappa shape index (κ1) is 19.1. The van der Waals surface area contributed by atoms with Gasteiger partial charge in [0, 0.05) is 26.3 Å². The molecule has 1 N–H and O–H groups in total. The summed E-state index contributed by atoms with van der Waals surface area (Å²) in [5, 5.41) is 3.01. The maximum Gasteiger partial charge on any atom is 0.573 e. The van der Waals surface area contributed by atoms with Gasteiger partial charge in [-0.15, -0.1) is 13.2 Å². The molecule has 0 unspecified atom stereocenters. The SMILES string of the molecule is CN(C)S(=O)(=O)c1cccc(CNc2ccc(OC(F)(F)F)cc2)c1. The van der Waals surface area contributed by atoms with Crippen LogP contribution in [0.2, 0.25) is 0 Å². The Bertz CT molecular complexity index is 819. The first-order chi connectivity index (χ1) is 11.6. The Morgan fingerprint density at radius 1 is 1.08 bits per heavy atom. The Kier molecular flexibility index (Phi) is 5.58. The summed E-state index contributed by atoms with van der Waals surface area (Å²) in [6.45, 7) is 0.316. The highest BCUT2D eigenvalue weighted by Crippen LogP contribution is 2.24. The number of anilines is 1. The zero-order chi connectivity index (χ0) is 18.7. The van der Waals surface area contributed by atoms with Gasteiger partial charge in [0.2, 0.25) is 10.0 Å². The van der Waals surface area contributed by atoms with Crippen molar-refractivity contribution in [2.75, 3.05) is 19.4 Å². The second-order valence-electron chi connectivity index (χ2n) is 5.36. The average Bonchev–Trinajstić information content (AvgIpc) is 2.53. The minimum Gasteiger partial charge on any atom is -0.406 e. The second kappa shape index (κ2) is 7.32. The molecule has 0 radical (unpaired) electrons. The predicted molar refractivity (Wildman–Crippen MR) is 87.8 cm³/mol. The second-order valence-corrected chi connectivity index (χ2v) is 7.51. The van der Waals surface area contributed by atoms with E-state index in [0.717, 1.165) is 9.87 Å². The van der Waals surface area contributed by atoms with Crippen LogP contribution in [0, 0.1) is 0 Å². The number of benzene rings is 2. The molecule has 0 aliphatic heterocycles. The molecule has 2 aromatic carbocycles. The summed E-state index contributed by atoms with van der Waals surface area (Å²) in [6.07, 6.45) is -4.73. The summed E-state index contributed by atoms with van der Waals surface area (Å²) in [4.78, 5) is 0.172. The van der Waals surface area contributed by atoms with E-state index in [1.807, 2.05) is 0 Å². The van der Waals surface area contributed by atoms with Crippen LogP contribution in [-0.2, 0) is 16.6 Å². The molecule has 9 heteroatoms. The lowest BCUT2D eigenvalue weighted by Gasteiger charge is -2.13. The summed E-state index contributed by atoms with van der Waals surface area (Å²) in [6, 6.07) is 11.7. The van der Waals surface area contributed by atoms with Gasteiger partial charge in [-0.1, -0.05) is 12.1 Å². The normalized spacial score (nSPS) is 12.2. The van der Waals surface area contributed by atoms with Crippen molar-refractivity contribution in [1.82, 2.24) is 4.31 Å². The fourth-order valence-electron chi connectivity index (χ4n) is 2.01. The first-order valence-electron chi connectivity index (χ1n) is 7.19. The van der Waals surface area contributed by atoms with Gasteiger partial charge in [0.1, 0.15) is 5.75 Å². The van der Waals surface area contributed by atoms with E-state index in [9.17, 15) is 21.6 Å². The molecule has 0 spiro atoms. The summed E-state index contributed by atoms with van der Waals surface area (Å²) in [5.74, 6) is -0.308. The van der Waals surface area contributed by atoms with Crippen LogP contribution < -0.4 is 10.1 Å². The fourth-order valence-corrected chi connectivity index (χ4v) is 2.98. The number of nitrogens with zero attached hydrogens (tertiary/aromatic N) is 1. The molecular weight excluding hydrogens is 357 g/mol. The molecule has 0 aromatic heterocycles. The van der Waals surface area contributed by atoms with E-state index in [4.69, 9.17) is 0 Å². The molecule has 5 nitrogen and oxygen atoms in total. The first-order valence-corrected chi connectivity index (χ1v) is 8.63. The van der Waals surface area contributed by atoms with E-state index in [1.54, 1.807) is 18.2 Å². The maximum atomic E-state index is 12.1. The standard InChI is InChI=1S/C16H17F3N2O3S/c1-21(2)25(22,23)15-5-3-4-12(10-15)11-20-13-6-8-14(9-7-13)24-16(17,18)19/h3-10,20H,11H2,1-2H3. The monoisotopic (exact) mass is 374 g/mol. The molecule has 0 bridgehead atoms. The van der Waals surface area contributed by atoms with Crippen LogP contribution in [0.25, 0.3) is 0 Å². The minimum atomic E-state index is -4.73. The molecule has 0 saturated heterocycles. The molecule has 0 aliphatic carbocycles. The largest absolute Gasteiger partial charge is 0.573 e. The van der Waals surface area contributed by atoms with Crippen LogP contribution in [-0.4, -0.2) is 33.2 Å². The van der Waals surface area contributed by atoms with Crippen molar-refractivity contribution in [2.45, 2.75) is 17.8 Å². The van der Waals surface area contributed by atoms with Crippen LogP contribution in [0.4, 0.5) is 18.9 Å². The Balaban J connectivity index is 2.05. The van der Waals surface area contributed by atoms with Crippen molar-refractivity contribution in [1.29, 1.82) is 0 Å². The molecule has 136 valence electrons. The number of nitrogens with one attached hydrogen (secondary N) is 1. The van der Waals surface area contributed by atoms with Gasteiger partial charge in [0.05, 0.1) is 4.90 Å². The quantitative estimate of drug-likeness (QED) is 0.842. The number of hydrogen-bond donors (Lipinski definition) is 1. The zero-order valence-electron chi connectivity index (χ0n) is 13.5. The molecule has 0 aliphatic rings. The van der Waals surface area contributed by atoms with Crippen molar-refractivity contribution in [3.05, 3.63) is 54.1 Å². The van der Waals surface area contributed by atoms with E-state index < -0.39 is 16.4 Å². The molecule has 2 rings (SSSR count). The van der Waals surface area contributed by atoms with Crippen LogP contribution >= 0.6 is 0 Å². The molecule has 25 heavy (non-hydrogen) atoms. The third-order valence-corrected chi connectivity index (χ3v) is 5.07. The van der Waals surface area contributed by atoms with Crippen molar-refractivity contribution < 1.29 is 26.3 Å². The third-order valence-electron chi connectivity index (χ3n) is 3.26. The summed E-state index contributed by atoms with van der Waals surface area (Å²) in [5.41, 5.74) is 1.30. The Morgan fingerprint density at radius 3 is 2.28 bits per heavy atom. The van der Waals surface area contributed by atoms with Gasteiger partial charge < -0.3 is 10.1 Å². The number of halogens is 3. The number of alkyl halides is 3. The van der Waals surface area contributed by atoms with Crippen molar-refractivity contribution in [3.63, 3.8) is 0 Å². The zero-order valence-corrected chi connectivity index (χ0v) is 14.4. The highest BCUT2D eigenvalue weighted by atomic mass is 32.2. The molecular formula is C16H17F3N2O3S. The summed E-state index contributed by atoms with van der Waals surface area (Å²) >= 11 is 0. The summed E-state index contributed by atoms with van der Waals surface area (Å²) < 4.78 is 65.5. The number of hydrogen-bond acceptors (Lipinski definition) is 4. The average molecular weight is 374 g/mol. The van der Waals surface area contributed by atoms with E-state index in [-0.39, 0.29) is 10.6 Å². The third kappa shape index (κ3) is 5.36. The molecule has 0 atom stereocenters. The van der Waals surface area contributed by atoms with Crippen molar-refractivity contribution in [3.8, 4) is 5.75 Å². The maximum absolute atomic E-state index is 12.1. The number of rotatable bonds is 6.